The number of fused-ring (bicyclic) bond motifs is 1. The van der Waals surface area contributed by atoms with E-state index in [1.54, 1.807) is 10.7 Å². The topological polar surface area (TPSA) is 40.8 Å². The molecular formula is C20H22N4O. The van der Waals surface area contributed by atoms with Gasteiger partial charge in [-0.15, -0.1) is 0 Å². The molecule has 5 nitrogen and oxygen atoms in total. The fourth-order valence-electron chi connectivity index (χ4n) is 3.63. The highest BCUT2D eigenvalue weighted by molar-refractivity contribution is 6.00. The smallest absolute Gasteiger partial charge is 0.257 e. The number of anilines is 1. The van der Waals surface area contributed by atoms with Crippen LogP contribution in [-0.2, 0) is 0 Å². The largest absolute Gasteiger partial charge is 0.371 e. The molecule has 5 heteroatoms. The average Bonchev–Trinajstić information content (AvgIpc) is 3.29. The summed E-state index contributed by atoms with van der Waals surface area (Å²) in [6.07, 6.45) is 4.64. The number of aromatic nitrogens is 2. The van der Waals surface area contributed by atoms with Crippen molar-refractivity contribution in [3.05, 3.63) is 66.5 Å². The van der Waals surface area contributed by atoms with Crippen LogP contribution in [0.4, 0.5) is 5.69 Å². The Kier molecular flexibility index (Phi) is 4.14. The van der Waals surface area contributed by atoms with E-state index in [0.717, 1.165) is 31.6 Å². The third kappa shape index (κ3) is 3.09. The first-order chi connectivity index (χ1) is 12.2. The molecule has 1 aromatic carbocycles. The third-order valence-electron chi connectivity index (χ3n) is 4.94. The summed E-state index contributed by atoms with van der Waals surface area (Å²) in [5, 5.41) is 4.27. The summed E-state index contributed by atoms with van der Waals surface area (Å²) in [7, 11) is 1.89. The summed E-state index contributed by atoms with van der Waals surface area (Å²) in [5.41, 5.74) is 2.79. The molecule has 0 aliphatic carbocycles. The van der Waals surface area contributed by atoms with Gasteiger partial charge in [0, 0.05) is 38.6 Å². The number of amides is 1. The van der Waals surface area contributed by atoms with E-state index >= 15 is 0 Å². The molecule has 0 bridgehead atoms. The predicted molar refractivity (Wildman–Crippen MR) is 98.9 cm³/mol. The number of para-hydroxylation sites is 1. The molecule has 128 valence electrons. The molecule has 3 heterocycles. The lowest BCUT2D eigenvalue weighted by molar-refractivity contribution is 0.0778. The lowest BCUT2D eigenvalue weighted by atomic mass is 10.1. The van der Waals surface area contributed by atoms with Gasteiger partial charge in [0.15, 0.2) is 0 Å². The number of rotatable bonds is 4. The van der Waals surface area contributed by atoms with Crippen molar-refractivity contribution < 1.29 is 4.79 Å². The van der Waals surface area contributed by atoms with Crippen molar-refractivity contribution in [2.24, 2.45) is 5.92 Å². The molecule has 2 aromatic heterocycles. The number of benzene rings is 1. The van der Waals surface area contributed by atoms with Crippen LogP contribution in [0.1, 0.15) is 16.8 Å². The summed E-state index contributed by atoms with van der Waals surface area (Å²) in [6.45, 7) is 2.82. The zero-order chi connectivity index (χ0) is 17.2. The standard InChI is InChI=1S/C20H22N4O/c1-22(20(25)18-13-21-24-11-6-5-9-19(18)24)14-16-10-12-23(15-16)17-7-3-2-4-8-17/h2-9,11,13,16H,10,12,14-15H2,1H3/t16-/m1/s1. The molecule has 0 spiro atoms. The van der Waals surface area contributed by atoms with Crippen LogP contribution in [0.3, 0.4) is 0 Å². The van der Waals surface area contributed by atoms with Crippen molar-refractivity contribution in [3.8, 4) is 0 Å². The van der Waals surface area contributed by atoms with E-state index < -0.39 is 0 Å². The summed E-state index contributed by atoms with van der Waals surface area (Å²) in [4.78, 5) is 17.1. The van der Waals surface area contributed by atoms with Gasteiger partial charge in [-0.3, -0.25) is 4.79 Å². The SMILES string of the molecule is CN(C[C@H]1CCN(c2ccccc2)C1)C(=O)c1cnn2ccccc12. The molecule has 0 unspecified atom stereocenters. The van der Waals surface area contributed by atoms with Gasteiger partial charge in [0.1, 0.15) is 0 Å². The minimum atomic E-state index is 0.0411. The first-order valence-corrected chi connectivity index (χ1v) is 8.70. The summed E-state index contributed by atoms with van der Waals surface area (Å²) < 4.78 is 1.74. The zero-order valence-electron chi connectivity index (χ0n) is 14.4. The van der Waals surface area contributed by atoms with Crippen molar-refractivity contribution in [1.82, 2.24) is 14.5 Å². The fourth-order valence-corrected chi connectivity index (χ4v) is 3.63. The van der Waals surface area contributed by atoms with Crippen LogP contribution in [-0.4, -0.2) is 47.1 Å². The maximum Gasteiger partial charge on any atom is 0.257 e. The first kappa shape index (κ1) is 15.7. The normalized spacial score (nSPS) is 17.2. The molecule has 1 amide bonds. The molecule has 1 fully saturated rings. The summed E-state index contributed by atoms with van der Waals surface area (Å²) in [6, 6.07) is 16.3. The van der Waals surface area contributed by atoms with E-state index in [1.165, 1.54) is 5.69 Å². The highest BCUT2D eigenvalue weighted by atomic mass is 16.2. The monoisotopic (exact) mass is 334 g/mol. The summed E-state index contributed by atoms with van der Waals surface area (Å²) >= 11 is 0. The quantitative estimate of drug-likeness (QED) is 0.737. The molecule has 25 heavy (non-hydrogen) atoms. The first-order valence-electron chi connectivity index (χ1n) is 8.70. The van der Waals surface area contributed by atoms with Gasteiger partial charge in [-0.25, -0.2) is 4.52 Å². The van der Waals surface area contributed by atoms with E-state index in [1.807, 2.05) is 42.4 Å². The second-order valence-corrected chi connectivity index (χ2v) is 6.71. The molecular weight excluding hydrogens is 312 g/mol. The number of nitrogens with zero attached hydrogens (tertiary/aromatic N) is 4. The van der Waals surface area contributed by atoms with Crippen LogP contribution in [0.2, 0.25) is 0 Å². The minimum Gasteiger partial charge on any atom is -0.371 e. The van der Waals surface area contributed by atoms with E-state index in [0.29, 0.717) is 11.5 Å². The highest BCUT2D eigenvalue weighted by Gasteiger charge is 2.26. The van der Waals surface area contributed by atoms with Crippen LogP contribution < -0.4 is 4.90 Å². The maximum atomic E-state index is 12.8. The van der Waals surface area contributed by atoms with Crippen LogP contribution in [0.15, 0.2) is 60.9 Å². The second kappa shape index (κ2) is 6.59. The minimum absolute atomic E-state index is 0.0411. The molecule has 1 saturated heterocycles. The van der Waals surface area contributed by atoms with Gasteiger partial charge in [-0.05, 0) is 36.6 Å². The Bertz CT molecular complexity index is 874. The Hall–Kier alpha value is -2.82. The molecule has 0 saturated carbocycles. The van der Waals surface area contributed by atoms with Gasteiger partial charge in [0.25, 0.3) is 5.91 Å². The van der Waals surface area contributed by atoms with Gasteiger partial charge in [-0.2, -0.15) is 5.10 Å². The predicted octanol–water partition coefficient (Wildman–Crippen LogP) is 2.93. The van der Waals surface area contributed by atoms with Gasteiger partial charge < -0.3 is 9.80 Å². The van der Waals surface area contributed by atoms with Crippen LogP contribution in [0.5, 0.6) is 0 Å². The Morgan fingerprint density at radius 3 is 2.84 bits per heavy atom. The Labute approximate surface area is 147 Å². The molecule has 3 aromatic rings. The lowest BCUT2D eigenvalue weighted by Gasteiger charge is -2.22. The highest BCUT2D eigenvalue weighted by Crippen LogP contribution is 2.24. The zero-order valence-corrected chi connectivity index (χ0v) is 14.4. The van der Waals surface area contributed by atoms with Gasteiger partial charge in [0.2, 0.25) is 0 Å². The van der Waals surface area contributed by atoms with Crippen molar-refractivity contribution in [2.45, 2.75) is 6.42 Å². The lowest BCUT2D eigenvalue weighted by Crippen LogP contribution is -2.33. The number of hydrogen-bond acceptors (Lipinski definition) is 3. The van der Waals surface area contributed by atoms with Crippen LogP contribution in [0.25, 0.3) is 5.52 Å². The van der Waals surface area contributed by atoms with Gasteiger partial charge in [0.05, 0.1) is 17.3 Å². The second-order valence-electron chi connectivity index (χ2n) is 6.71. The van der Waals surface area contributed by atoms with Crippen LogP contribution in [0, 0.1) is 5.92 Å². The van der Waals surface area contributed by atoms with E-state index in [-0.39, 0.29) is 5.91 Å². The van der Waals surface area contributed by atoms with Crippen molar-refractivity contribution in [1.29, 1.82) is 0 Å². The molecule has 1 atom stereocenters. The Balaban J connectivity index is 1.42. The van der Waals surface area contributed by atoms with Crippen molar-refractivity contribution in [2.75, 3.05) is 31.6 Å². The molecule has 0 N–H and O–H groups in total. The Morgan fingerprint density at radius 2 is 2.00 bits per heavy atom. The molecule has 1 aliphatic heterocycles. The Morgan fingerprint density at radius 1 is 1.20 bits per heavy atom. The summed E-state index contributed by atoms with van der Waals surface area (Å²) in [5.74, 6) is 0.537. The van der Waals surface area contributed by atoms with E-state index in [2.05, 4.69) is 34.3 Å². The third-order valence-corrected chi connectivity index (χ3v) is 4.94. The fraction of sp³-hybridized carbons (Fsp3) is 0.300. The average molecular weight is 334 g/mol. The number of carbonyl (C=O) groups excluding carboxylic acids is 1. The molecule has 1 aliphatic rings. The van der Waals surface area contributed by atoms with Crippen LogP contribution >= 0.6 is 0 Å². The van der Waals surface area contributed by atoms with Crippen molar-refractivity contribution in [3.63, 3.8) is 0 Å². The van der Waals surface area contributed by atoms with E-state index in [9.17, 15) is 4.79 Å². The maximum absolute atomic E-state index is 12.8. The number of hydrogen-bond donors (Lipinski definition) is 0. The number of pyridine rings is 1. The molecule has 4 rings (SSSR count). The van der Waals surface area contributed by atoms with E-state index in [4.69, 9.17) is 0 Å². The van der Waals surface area contributed by atoms with Crippen molar-refractivity contribution >= 4 is 17.1 Å². The number of carbonyl (C=O) groups is 1. The molecule has 0 radical (unpaired) electrons. The van der Waals surface area contributed by atoms with Gasteiger partial charge >= 0.3 is 0 Å². The van der Waals surface area contributed by atoms with Gasteiger partial charge in [-0.1, -0.05) is 24.3 Å².